The number of ether oxygens (including phenoxy) is 1. The second-order valence-electron chi connectivity index (χ2n) is 4.53. The molecule has 106 valence electrons. The van der Waals surface area contributed by atoms with Gasteiger partial charge in [-0.15, -0.1) is 0 Å². The predicted octanol–water partition coefficient (Wildman–Crippen LogP) is 1.33. The number of esters is 1. The fourth-order valence-corrected chi connectivity index (χ4v) is 1.93. The molecule has 1 heterocycles. The van der Waals surface area contributed by atoms with E-state index in [1.807, 2.05) is 30.3 Å². The van der Waals surface area contributed by atoms with E-state index >= 15 is 0 Å². The number of nitrogens with zero attached hydrogens (tertiary/aromatic N) is 1. The number of aromatic nitrogens is 2. The van der Waals surface area contributed by atoms with E-state index in [1.54, 1.807) is 19.6 Å². The molecule has 2 N–H and O–H groups in total. The van der Waals surface area contributed by atoms with Crippen LogP contribution in [0.15, 0.2) is 42.9 Å². The van der Waals surface area contributed by atoms with Crippen molar-refractivity contribution in [3.05, 3.63) is 54.1 Å². The highest BCUT2D eigenvalue weighted by atomic mass is 16.5. The Kier molecular flexibility index (Phi) is 5.32. The fourth-order valence-electron chi connectivity index (χ4n) is 1.93. The summed E-state index contributed by atoms with van der Waals surface area (Å²) in [5.41, 5.74) is 2.07. The van der Waals surface area contributed by atoms with E-state index < -0.39 is 0 Å². The molecule has 0 amide bonds. The van der Waals surface area contributed by atoms with Gasteiger partial charge >= 0.3 is 5.97 Å². The Morgan fingerprint density at radius 2 is 2.20 bits per heavy atom. The first-order valence-electron chi connectivity index (χ1n) is 6.64. The van der Waals surface area contributed by atoms with Gasteiger partial charge < -0.3 is 15.0 Å². The molecule has 2 aromatic rings. The van der Waals surface area contributed by atoms with Gasteiger partial charge in [-0.3, -0.25) is 4.79 Å². The number of H-pyrrole nitrogens is 1. The first-order chi connectivity index (χ1) is 9.79. The highest BCUT2D eigenvalue weighted by Gasteiger charge is 2.18. The molecule has 0 spiro atoms. The van der Waals surface area contributed by atoms with E-state index in [4.69, 9.17) is 4.74 Å². The van der Waals surface area contributed by atoms with E-state index in [9.17, 15) is 4.79 Å². The van der Waals surface area contributed by atoms with E-state index in [0.717, 1.165) is 17.7 Å². The summed E-state index contributed by atoms with van der Waals surface area (Å²) in [6.45, 7) is 0.393. The first kappa shape index (κ1) is 14.3. The monoisotopic (exact) mass is 273 g/mol. The lowest BCUT2D eigenvalue weighted by atomic mass is 10.1. The van der Waals surface area contributed by atoms with Crippen molar-refractivity contribution >= 4 is 5.97 Å². The molecule has 0 saturated carbocycles. The molecular formula is C15H19N3O2. The van der Waals surface area contributed by atoms with Crippen molar-refractivity contribution in [1.29, 1.82) is 0 Å². The molecule has 5 heteroatoms. The summed E-state index contributed by atoms with van der Waals surface area (Å²) in [5.74, 6) is -0.238. The number of carbonyl (C=O) groups excluding carboxylic acids is 1. The van der Waals surface area contributed by atoms with Crippen molar-refractivity contribution in [3.63, 3.8) is 0 Å². The number of benzene rings is 1. The van der Waals surface area contributed by atoms with Gasteiger partial charge in [-0.25, -0.2) is 4.98 Å². The Bertz CT molecular complexity index is 511. The Balaban J connectivity index is 1.77. The maximum Gasteiger partial charge on any atom is 0.323 e. The van der Waals surface area contributed by atoms with Crippen LogP contribution < -0.4 is 5.32 Å². The van der Waals surface area contributed by atoms with Crippen LogP contribution in [-0.2, 0) is 22.4 Å². The average molecular weight is 273 g/mol. The molecule has 1 atom stereocenters. The number of rotatable bonds is 7. The lowest BCUT2D eigenvalue weighted by Gasteiger charge is -2.14. The topological polar surface area (TPSA) is 67.0 Å². The van der Waals surface area contributed by atoms with Crippen LogP contribution >= 0.6 is 0 Å². The largest absolute Gasteiger partial charge is 0.464 e. The van der Waals surface area contributed by atoms with Gasteiger partial charge in [-0.05, 0) is 12.6 Å². The summed E-state index contributed by atoms with van der Waals surface area (Å²) in [4.78, 5) is 18.9. The molecule has 0 radical (unpaired) electrons. The second kappa shape index (κ2) is 7.45. The molecule has 5 nitrogen and oxygen atoms in total. The SMILES string of the molecule is CN[C@@H](Cc1cnc[nH]1)C(=O)OCCc1ccccc1. The summed E-state index contributed by atoms with van der Waals surface area (Å²) in [7, 11) is 1.75. The average Bonchev–Trinajstić information content (AvgIpc) is 2.98. The highest BCUT2D eigenvalue weighted by Crippen LogP contribution is 2.03. The first-order valence-corrected chi connectivity index (χ1v) is 6.64. The molecule has 0 aliphatic heterocycles. The zero-order valence-corrected chi connectivity index (χ0v) is 11.5. The molecule has 0 fully saturated rings. The number of carbonyl (C=O) groups is 1. The van der Waals surface area contributed by atoms with Gasteiger partial charge in [0.05, 0.1) is 12.9 Å². The normalized spacial score (nSPS) is 12.1. The van der Waals surface area contributed by atoms with Crippen LogP contribution in [0.3, 0.4) is 0 Å². The Morgan fingerprint density at radius 1 is 1.40 bits per heavy atom. The number of hydrogen-bond acceptors (Lipinski definition) is 4. The minimum absolute atomic E-state index is 0.238. The summed E-state index contributed by atoms with van der Waals surface area (Å²) in [6, 6.07) is 9.61. The zero-order valence-electron chi connectivity index (χ0n) is 11.5. The van der Waals surface area contributed by atoms with Crippen LogP contribution in [0.2, 0.25) is 0 Å². The second-order valence-corrected chi connectivity index (χ2v) is 4.53. The van der Waals surface area contributed by atoms with E-state index in [2.05, 4.69) is 15.3 Å². The Hall–Kier alpha value is -2.14. The van der Waals surface area contributed by atoms with E-state index in [0.29, 0.717) is 13.0 Å². The zero-order chi connectivity index (χ0) is 14.2. The minimum atomic E-state index is -0.355. The molecule has 0 aliphatic carbocycles. The molecule has 0 aliphatic rings. The van der Waals surface area contributed by atoms with Gasteiger partial charge in [0.15, 0.2) is 0 Å². The lowest BCUT2D eigenvalue weighted by molar-refractivity contribution is -0.145. The molecule has 0 saturated heterocycles. The van der Waals surface area contributed by atoms with Crippen molar-refractivity contribution in [1.82, 2.24) is 15.3 Å². The van der Waals surface area contributed by atoms with Crippen LogP contribution in [0.5, 0.6) is 0 Å². The van der Waals surface area contributed by atoms with Crippen molar-refractivity contribution in [2.75, 3.05) is 13.7 Å². The molecule has 0 unspecified atom stereocenters. The third-order valence-corrected chi connectivity index (χ3v) is 3.09. The predicted molar refractivity (Wildman–Crippen MR) is 76.2 cm³/mol. The van der Waals surface area contributed by atoms with Gasteiger partial charge in [0.1, 0.15) is 6.04 Å². The standard InChI is InChI=1S/C15H19N3O2/c1-16-14(9-13-10-17-11-18-13)15(19)20-8-7-12-5-3-2-4-6-12/h2-6,10-11,14,16H,7-9H2,1H3,(H,17,18)/t14-/m0/s1. The van der Waals surface area contributed by atoms with Gasteiger partial charge in [0, 0.05) is 24.7 Å². The summed E-state index contributed by atoms with van der Waals surface area (Å²) < 4.78 is 5.31. The van der Waals surface area contributed by atoms with E-state index in [1.165, 1.54) is 0 Å². The van der Waals surface area contributed by atoms with Gasteiger partial charge in [-0.2, -0.15) is 0 Å². The van der Waals surface area contributed by atoms with Crippen LogP contribution in [0.4, 0.5) is 0 Å². The summed E-state index contributed by atoms with van der Waals surface area (Å²) in [5, 5.41) is 2.97. The van der Waals surface area contributed by atoms with E-state index in [-0.39, 0.29) is 12.0 Å². The third-order valence-electron chi connectivity index (χ3n) is 3.09. The quantitative estimate of drug-likeness (QED) is 0.747. The minimum Gasteiger partial charge on any atom is -0.464 e. The lowest BCUT2D eigenvalue weighted by Crippen LogP contribution is -2.37. The molecule has 1 aromatic carbocycles. The van der Waals surface area contributed by atoms with Crippen LogP contribution in [0, 0.1) is 0 Å². The van der Waals surface area contributed by atoms with Crippen molar-refractivity contribution in [2.24, 2.45) is 0 Å². The van der Waals surface area contributed by atoms with Crippen molar-refractivity contribution in [3.8, 4) is 0 Å². The summed E-state index contributed by atoms with van der Waals surface area (Å²) in [6.07, 6.45) is 4.58. The molecular weight excluding hydrogens is 254 g/mol. The van der Waals surface area contributed by atoms with Gasteiger partial charge in [0.25, 0.3) is 0 Å². The smallest absolute Gasteiger partial charge is 0.323 e. The molecule has 2 rings (SSSR count). The van der Waals surface area contributed by atoms with Crippen LogP contribution in [0.25, 0.3) is 0 Å². The maximum absolute atomic E-state index is 12.0. The number of imidazole rings is 1. The third kappa shape index (κ3) is 4.20. The number of likely N-dealkylation sites (N-methyl/N-ethyl adjacent to an activating group) is 1. The fraction of sp³-hybridized carbons (Fsp3) is 0.333. The summed E-state index contributed by atoms with van der Waals surface area (Å²) >= 11 is 0. The molecule has 0 bridgehead atoms. The number of nitrogens with one attached hydrogen (secondary N) is 2. The Morgan fingerprint density at radius 3 is 2.85 bits per heavy atom. The maximum atomic E-state index is 12.0. The van der Waals surface area contributed by atoms with Crippen molar-refractivity contribution < 1.29 is 9.53 Å². The molecule has 1 aromatic heterocycles. The molecule has 20 heavy (non-hydrogen) atoms. The van der Waals surface area contributed by atoms with Gasteiger partial charge in [0.2, 0.25) is 0 Å². The number of aromatic amines is 1. The van der Waals surface area contributed by atoms with Gasteiger partial charge in [-0.1, -0.05) is 30.3 Å². The highest BCUT2D eigenvalue weighted by molar-refractivity contribution is 5.76. The number of hydrogen-bond donors (Lipinski definition) is 2. The van der Waals surface area contributed by atoms with Crippen LogP contribution in [0.1, 0.15) is 11.3 Å². The Labute approximate surface area is 118 Å². The van der Waals surface area contributed by atoms with Crippen LogP contribution in [-0.4, -0.2) is 35.6 Å². The van der Waals surface area contributed by atoms with Crippen molar-refractivity contribution in [2.45, 2.75) is 18.9 Å².